The Morgan fingerprint density at radius 2 is 1.91 bits per heavy atom. The van der Waals surface area contributed by atoms with E-state index in [0.717, 1.165) is 12.1 Å². The first kappa shape index (κ1) is 14.4. The minimum absolute atomic E-state index is 0.0208. The Hall–Kier alpha value is -2.54. The molecule has 1 heterocycles. The number of benzene rings is 2. The molecule has 7 heteroatoms. The number of anilines is 1. The number of carbonyl (C=O) groups excluding carboxylic acids is 1. The second kappa shape index (κ2) is 5.03. The van der Waals surface area contributed by atoms with Crippen LogP contribution < -0.4 is 4.90 Å². The summed E-state index contributed by atoms with van der Waals surface area (Å²) in [6.45, 7) is 0. The molecule has 1 aliphatic rings. The largest absolute Gasteiger partial charge is 0.478 e. The molecule has 112 valence electrons. The van der Waals surface area contributed by atoms with Crippen LogP contribution in [-0.2, 0) is 10.8 Å². The van der Waals surface area contributed by atoms with E-state index < -0.39 is 28.5 Å². The van der Waals surface area contributed by atoms with E-state index >= 15 is 0 Å². The molecule has 0 saturated heterocycles. The predicted molar refractivity (Wildman–Crippen MR) is 77.2 cm³/mol. The van der Waals surface area contributed by atoms with Crippen LogP contribution in [0.15, 0.2) is 46.2 Å². The van der Waals surface area contributed by atoms with E-state index in [1.807, 2.05) is 0 Å². The minimum atomic E-state index is -1.78. The van der Waals surface area contributed by atoms with Crippen LogP contribution in [0.4, 0.5) is 10.1 Å². The first-order valence-corrected chi connectivity index (χ1v) is 7.42. The highest BCUT2D eigenvalue weighted by Gasteiger charge is 2.29. The van der Waals surface area contributed by atoms with Gasteiger partial charge in [-0.25, -0.2) is 13.4 Å². The third-order valence-corrected chi connectivity index (χ3v) is 4.93. The van der Waals surface area contributed by atoms with Crippen LogP contribution in [-0.4, -0.2) is 28.2 Å². The van der Waals surface area contributed by atoms with Gasteiger partial charge in [0.2, 0.25) is 0 Å². The Balaban J connectivity index is 2.30. The fourth-order valence-corrected chi connectivity index (χ4v) is 3.69. The monoisotopic (exact) mass is 319 g/mol. The molecule has 0 radical (unpaired) electrons. The number of carbonyl (C=O) groups is 2. The molecule has 1 unspecified atom stereocenters. The molecule has 0 aliphatic carbocycles. The number of carboxylic acid groups (broad SMARTS) is 1. The third kappa shape index (κ3) is 2.10. The number of carboxylic acids is 1. The van der Waals surface area contributed by atoms with Crippen molar-refractivity contribution in [3.63, 3.8) is 0 Å². The summed E-state index contributed by atoms with van der Waals surface area (Å²) in [4.78, 5) is 25.1. The van der Waals surface area contributed by atoms with Crippen molar-refractivity contribution in [1.29, 1.82) is 0 Å². The molecular weight excluding hydrogens is 309 g/mol. The van der Waals surface area contributed by atoms with Gasteiger partial charge in [0.15, 0.2) is 0 Å². The lowest BCUT2D eigenvalue weighted by atomic mass is 10.1. The van der Waals surface area contributed by atoms with E-state index in [4.69, 9.17) is 5.11 Å². The second-order valence-corrected chi connectivity index (χ2v) is 6.18. The van der Waals surface area contributed by atoms with E-state index in [-0.39, 0.29) is 26.6 Å². The first-order valence-electron chi connectivity index (χ1n) is 6.27. The van der Waals surface area contributed by atoms with Crippen LogP contribution in [0.2, 0.25) is 0 Å². The molecule has 0 saturated carbocycles. The second-order valence-electron chi connectivity index (χ2n) is 4.76. The summed E-state index contributed by atoms with van der Waals surface area (Å²) < 4.78 is 26.1. The Morgan fingerprint density at radius 3 is 2.59 bits per heavy atom. The number of hydrogen-bond donors (Lipinski definition) is 1. The van der Waals surface area contributed by atoms with Crippen molar-refractivity contribution in [2.24, 2.45) is 0 Å². The van der Waals surface area contributed by atoms with Crippen LogP contribution in [0.5, 0.6) is 0 Å². The Kier molecular flexibility index (Phi) is 3.29. The minimum Gasteiger partial charge on any atom is -0.478 e. The fourth-order valence-electron chi connectivity index (χ4n) is 2.30. The molecule has 0 aromatic heterocycles. The van der Waals surface area contributed by atoms with E-state index in [0.29, 0.717) is 0 Å². The summed E-state index contributed by atoms with van der Waals surface area (Å²) in [6, 6.07) is 7.46. The molecule has 5 nitrogen and oxygen atoms in total. The van der Waals surface area contributed by atoms with E-state index in [9.17, 15) is 18.2 Å². The molecule has 0 fully saturated rings. The van der Waals surface area contributed by atoms with Crippen molar-refractivity contribution in [3.05, 3.63) is 53.3 Å². The molecule has 2 aromatic carbocycles. The normalized spacial score (nSPS) is 16.7. The van der Waals surface area contributed by atoms with Gasteiger partial charge in [-0.3, -0.25) is 4.79 Å². The van der Waals surface area contributed by atoms with Gasteiger partial charge in [0, 0.05) is 7.05 Å². The average molecular weight is 319 g/mol. The highest BCUT2D eigenvalue weighted by atomic mass is 32.2. The number of aromatic carboxylic acids is 1. The van der Waals surface area contributed by atoms with Gasteiger partial charge in [-0.15, -0.1) is 0 Å². The number of halogens is 1. The van der Waals surface area contributed by atoms with Crippen molar-refractivity contribution in [1.82, 2.24) is 0 Å². The average Bonchev–Trinajstić information content (AvgIpc) is 2.58. The molecule has 0 spiro atoms. The zero-order chi connectivity index (χ0) is 16.0. The number of nitrogens with zero attached hydrogens (tertiary/aromatic N) is 1. The zero-order valence-corrected chi connectivity index (χ0v) is 12.2. The first-order chi connectivity index (χ1) is 10.4. The molecule has 1 atom stereocenters. The van der Waals surface area contributed by atoms with Crippen LogP contribution in [0.1, 0.15) is 20.7 Å². The van der Waals surface area contributed by atoms with Gasteiger partial charge in [0.05, 0.1) is 37.4 Å². The van der Waals surface area contributed by atoms with Gasteiger partial charge in [-0.1, -0.05) is 0 Å². The topological polar surface area (TPSA) is 74.7 Å². The fraction of sp³-hybridized carbons (Fsp3) is 0.0667. The summed E-state index contributed by atoms with van der Waals surface area (Å²) in [6.07, 6.45) is 0. The molecule has 0 bridgehead atoms. The quantitative estimate of drug-likeness (QED) is 0.875. The summed E-state index contributed by atoms with van der Waals surface area (Å²) in [5.41, 5.74) is 0.350. The van der Waals surface area contributed by atoms with Gasteiger partial charge < -0.3 is 10.0 Å². The number of rotatable bonds is 1. The number of amides is 1. The van der Waals surface area contributed by atoms with E-state index in [1.165, 1.54) is 36.2 Å². The lowest BCUT2D eigenvalue weighted by Gasteiger charge is -2.17. The number of fused-ring (bicyclic) bond motifs is 2. The van der Waals surface area contributed by atoms with Gasteiger partial charge in [0.25, 0.3) is 5.91 Å². The molecule has 22 heavy (non-hydrogen) atoms. The molecule has 1 amide bonds. The zero-order valence-electron chi connectivity index (χ0n) is 11.4. The van der Waals surface area contributed by atoms with Gasteiger partial charge >= 0.3 is 5.97 Å². The maximum Gasteiger partial charge on any atom is 0.335 e. The van der Waals surface area contributed by atoms with Crippen LogP contribution in [0, 0.1) is 5.82 Å². The Labute approximate surface area is 127 Å². The van der Waals surface area contributed by atoms with Gasteiger partial charge in [-0.05, 0) is 36.4 Å². The molecule has 3 rings (SSSR count). The van der Waals surface area contributed by atoms with Crippen molar-refractivity contribution in [2.45, 2.75) is 9.79 Å². The Bertz CT molecular complexity index is 849. The molecule has 1 N–H and O–H groups in total. The lowest BCUT2D eigenvalue weighted by Crippen LogP contribution is -2.26. The van der Waals surface area contributed by atoms with Crippen molar-refractivity contribution in [2.75, 3.05) is 11.9 Å². The maximum atomic E-state index is 13.4. The maximum absolute atomic E-state index is 13.4. The highest BCUT2D eigenvalue weighted by Crippen LogP contribution is 2.34. The van der Waals surface area contributed by atoms with Crippen molar-refractivity contribution >= 4 is 28.4 Å². The van der Waals surface area contributed by atoms with Crippen LogP contribution in [0.3, 0.4) is 0 Å². The summed E-state index contributed by atoms with van der Waals surface area (Å²) in [7, 11) is -0.315. The summed E-state index contributed by atoms with van der Waals surface area (Å²) in [5, 5.41) is 9.06. The smallest absolute Gasteiger partial charge is 0.335 e. The van der Waals surface area contributed by atoms with Crippen molar-refractivity contribution in [3.8, 4) is 0 Å². The summed E-state index contributed by atoms with van der Waals surface area (Å²) in [5.74, 6) is -2.21. The SMILES string of the molecule is CN1C(=O)c2ccc(F)cc2S(=O)c2ccc(C(=O)O)cc21. The summed E-state index contributed by atoms with van der Waals surface area (Å²) >= 11 is 0. The molecular formula is C15H10FNO4S. The lowest BCUT2D eigenvalue weighted by molar-refractivity contribution is 0.0696. The molecule has 1 aliphatic heterocycles. The van der Waals surface area contributed by atoms with Crippen LogP contribution in [0.25, 0.3) is 0 Å². The Morgan fingerprint density at radius 1 is 1.18 bits per heavy atom. The standard InChI is InChI=1S/C15H10FNO4S/c1-17-11-6-8(15(19)20)2-5-12(11)22(21)13-7-9(16)3-4-10(13)14(17)18/h2-7H,1H3,(H,19,20). The third-order valence-electron chi connectivity index (χ3n) is 3.45. The van der Waals surface area contributed by atoms with Crippen LogP contribution >= 0.6 is 0 Å². The highest BCUT2D eigenvalue weighted by molar-refractivity contribution is 7.85. The van der Waals surface area contributed by atoms with Gasteiger partial charge in [-0.2, -0.15) is 0 Å². The van der Waals surface area contributed by atoms with E-state index in [2.05, 4.69) is 0 Å². The van der Waals surface area contributed by atoms with Crippen molar-refractivity contribution < 1.29 is 23.3 Å². The van der Waals surface area contributed by atoms with Gasteiger partial charge in [0.1, 0.15) is 5.82 Å². The predicted octanol–water partition coefficient (Wildman–Crippen LogP) is 2.28. The molecule has 2 aromatic rings. The number of hydrogen-bond acceptors (Lipinski definition) is 3. The van der Waals surface area contributed by atoms with E-state index in [1.54, 1.807) is 0 Å².